The summed E-state index contributed by atoms with van der Waals surface area (Å²) in [5, 5.41) is 14.2. The molecule has 2 aromatic heterocycles. The van der Waals surface area contributed by atoms with E-state index in [1.54, 1.807) is 17.5 Å². The van der Waals surface area contributed by atoms with Gasteiger partial charge in [0.05, 0.1) is 11.7 Å². The maximum absolute atomic E-state index is 14.3. The summed E-state index contributed by atoms with van der Waals surface area (Å²) in [5.74, 6) is 0.374. The van der Waals surface area contributed by atoms with Crippen LogP contribution in [0.3, 0.4) is 0 Å². The molecule has 1 unspecified atom stereocenters. The Morgan fingerprint density at radius 3 is 2.95 bits per heavy atom. The molecule has 1 saturated heterocycles. The maximum atomic E-state index is 14.3. The number of aliphatic hydroxyl groups excluding tert-OH is 1. The second-order valence-electron chi connectivity index (χ2n) is 5.68. The van der Waals surface area contributed by atoms with Crippen LogP contribution in [-0.2, 0) is 11.2 Å². The van der Waals surface area contributed by atoms with Gasteiger partial charge in [0.15, 0.2) is 12.0 Å². The van der Waals surface area contributed by atoms with Crippen molar-refractivity contribution in [3.05, 3.63) is 24.2 Å². The molecule has 6 nitrogen and oxygen atoms in total. The van der Waals surface area contributed by atoms with Crippen LogP contribution in [0, 0.1) is 0 Å². The quantitative estimate of drug-likeness (QED) is 0.886. The fraction of sp³-hybridized carbons (Fsp3) is 0.571. The molecule has 1 fully saturated rings. The molecule has 3 N–H and O–H groups in total. The van der Waals surface area contributed by atoms with Crippen LogP contribution in [0.25, 0.3) is 5.52 Å². The maximum Gasteiger partial charge on any atom is 0.155 e. The minimum Gasteiger partial charge on any atom is -0.387 e. The van der Waals surface area contributed by atoms with E-state index in [0.717, 1.165) is 5.69 Å². The van der Waals surface area contributed by atoms with Gasteiger partial charge in [-0.1, -0.05) is 6.92 Å². The van der Waals surface area contributed by atoms with Crippen LogP contribution in [-0.4, -0.2) is 43.7 Å². The number of alkyl halides is 1. The summed E-state index contributed by atoms with van der Waals surface area (Å²) in [6, 6.07) is 3.62. The van der Waals surface area contributed by atoms with Crippen LogP contribution in [0.1, 0.15) is 26.0 Å². The predicted molar refractivity (Wildman–Crippen MR) is 75.6 cm³/mol. The molecule has 114 valence electrons. The number of anilines is 1. The summed E-state index contributed by atoms with van der Waals surface area (Å²) in [7, 11) is 0. The Bertz CT molecular complexity index is 661. The van der Waals surface area contributed by atoms with Crippen LogP contribution in [0.15, 0.2) is 18.5 Å². The zero-order chi connectivity index (χ0) is 15.2. The molecule has 3 heterocycles. The first-order chi connectivity index (χ1) is 9.96. The lowest BCUT2D eigenvalue weighted by atomic mass is 9.94. The van der Waals surface area contributed by atoms with Crippen molar-refractivity contribution in [1.82, 2.24) is 14.6 Å². The van der Waals surface area contributed by atoms with Crippen molar-refractivity contribution in [3.63, 3.8) is 0 Å². The van der Waals surface area contributed by atoms with E-state index in [1.807, 2.05) is 13.0 Å². The molecule has 0 spiro atoms. The molecule has 0 radical (unpaired) electrons. The van der Waals surface area contributed by atoms with Crippen molar-refractivity contribution in [1.29, 1.82) is 0 Å². The zero-order valence-corrected chi connectivity index (χ0v) is 12.0. The second-order valence-corrected chi connectivity index (χ2v) is 5.68. The van der Waals surface area contributed by atoms with Crippen molar-refractivity contribution in [2.24, 2.45) is 0 Å². The third-order valence-corrected chi connectivity index (χ3v) is 4.38. The lowest BCUT2D eigenvalue weighted by Crippen LogP contribution is -2.38. The molecular weight excluding hydrogens is 275 g/mol. The number of nitrogens with two attached hydrogens (primary N) is 1. The van der Waals surface area contributed by atoms with E-state index in [1.165, 1.54) is 6.33 Å². The van der Waals surface area contributed by atoms with Gasteiger partial charge in [-0.25, -0.2) is 13.9 Å². The Labute approximate surface area is 121 Å². The van der Waals surface area contributed by atoms with Gasteiger partial charge in [0.2, 0.25) is 0 Å². The Morgan fingerprint density at radius 2 is 2.29 bits per heavy atom. The highest BCUT2D eigenvalue weighted by atomic mass is 19.1. The van der Waals surface area contributed by atoms with E-state index in [2.05, 4.69) is 10.1 Å². The third-order valence-electron chi connectivity index (χ3n) is 4.38. The Balaban J connectivity index is 1.88. The normalized spacial score (nSPS) is 32.9. The average Bonchev–Trinajstić information content (AvgIpc) is 2.97. The van der Waals surface area contributed by atoms with Crippen molar-refractivity contribution in [2.45, 2.75) is 50.7 Å². The fourth-order valence-corrected chi connectivity index (χ4v) is 2.84. The van der Waals surface area contributed by atoms with Crippen LogP contribution >= 0.6 is 0 Å². The van der Waals surface area contributed by atoms with Gasteiger partial charge in [-0.15, -0.1) is 0 Å². The largest absolute Gasteiger partial charge is 0.387 e. The highest BCUT2D eigenvalue weighted by Gasteiger charge is 2.51. The smallest absolute Gasteiger partial charge is 0.155 e. The van der Waals surface area contributed by atoms with Crippen LogP contribution in [0.4, 0.5) is 10.2 Å². The van der Waals surface area contributed by atoms with Gasteiger partial charge < -0.3 is 15.6 Å². The topological polar surface area (TPSA) is 85.7 Å². The Kier molecular flexibility index (Phi) is 3.33. The van der Waals surface area contributed by atoms with E-state index in [-0.39, 0.29) is 0 Å². The predicted octanol–water partition coefficient (Wildman–Crippen LogP) is 1.12. The SMILES string of the molecule is CC[C@]1(C)OC(Cc2ccc3c(N)ncnn23)[C@H](F)[C@@H]1O. The molecule has 2 aromatic rings. The highest BCUT2D eigenvalue weighted by molar-refractivity contribution is 5.65. The molecule has 1 aliphatic heterocycles. The first-order valence-corrected chi connectivity index (χ1v) is 7.03. The highest BCUT2D eigenvalue weighted by Crippen LogP contribution is 2.36. The van der Waals surface area contributed by atoms with Crippen LogP contribution in [0.5, 0.6) is 0 Å². The van der Waals surface area contributed by atoms with E-state index < -0.39 is 24.0 Å². The number of hydrogen-bond acceptors (Lipinski definition) is 5. The number of halogens is 1. The van der Waals surface area contributed by atoms with Gasteiger partial charge in [-0.3, -0.25) is 0 Å². The summed E-state index contributed by atoms with van der Waals surface area (Å²) in [4.78, 5) is 3.92. The summed E-state index contributed by atoms with van der Waals surface area (Å²) in [5.41, 5.74) is 6.39. The number of rotatable bonds is 3. The number of nitrogens with zero attached hydrogens (tertiary/aromatic N) is 3. The molecule has 7 heteroatoms. The molecule has 21 heavy (non-hydrogen) atoms. The van der Waals surface area contributed by atoms with E-state index in [0.29, 0.717) is 24.2 Å². The number of aromatic nitrogens is 3. The van der Waals surface area contributed by atoms with Crippen LogP contribution < -0.4 is 5.73 Å². The lowest BCUT2D eigenvalue weighted by molar-refractivity contribution is -0.0714. The molecule has 0 bridgehead atoms. The minimum atomic E-state index is -1.42. The third kappa shape index (κ3) is 2.16. The molecule has 0 saturated carbocycles. The molecular formula is C14H19FN4O2. The number of aliphatic hydroxyl groups is 1. The standard InChI is InChI=1S/C14H19FN4O2/c1-3-14(2)12(20)11(15)10(21-14)6-8-4-5-9-13(16)17-7-18-19(8)9/h4-5,7,10-12,20H,3,6H2,1-2H3,(H2,16,17,18)/t10?,11-,12-,14-/m0/s1. The summed E-state index contributed by atoms with van der Waals surface area (Å²) in [6.07, 6.45) is -0.996. The molecule has 4 atom stereocenters. The first-order valence-electron chi connectivity index (χ1n) is 7.03. The van der Waals surface area contributed by atoms with E-state index >= 15 is 0 Å². The van der Waals surface area contributed by atoms with E-state index in [4.69, 9.17) is 10.5 Å². The molecule has 0 aromatic carbocycles. The Hall–Kier alpha value is -1.73. The number of nitrogen functional groups attached to an aromatic ring is 1. The number of ether oxygens (including phenoxy) is 1. The van der Waals surface area contributed by atoms with E-state index in [9.17, 15) is 9.50 Å². The van der Waals surface area contributed by atoms with Gasteiger partial charge in [0.1, 0.15) is 17.9 Å². The van der Waals surface area contributed by atoms with Crippen molar-refractivity contribution < 1.29 is 14.2 Å². The molecule has 1 aliphatic rings. The van der Waals surface area contributed by atoms with Gasteiger partial charge in [-0.2, -0.15) is 5.10 Å². The first kappa shape index (κ1) is 14.2. The average molecular weight is 294 g/mol. The second kappa shape index (κ2) is 4.92. The van der Waals surface area contributed by atoms with Gasteiger partial charge >= 0.3 is 0 Å². The number of hydrogen-bond donors (Lipinski definition) is 2. The molecule has 3 rings (SSSR count). The van der Waals surface area contributed by atoms with Gasteiger partial charge in [0.25, 0.3) is 0 Å². The number of fused-ring (bicyclic) bond motifs is 1. The minimum absolute atomic E-state index is 0.318. The summed E-state index contributed by atoms with van der Waals surface area (Å²) < 4.78 is 21.7. The lowest BCUT2D eigenvalue weighted by Gasteiger charge is -2.25. The molecule has 0 amide bonds. The van der Waals surface area contributed by atoms with Crippen molar-refractivity contribution in [3.8, 4) is 0 Å². The summed E-state index contributed by atoms with van der Waals surface area (Å²) >= 11 is 0. The summed E-state index contributed by atoms with van der Waals surface area (Å²) in [6.45, 7) is 3.61. The monoisotopic (exact) mass is 294 g/mol. The van der Waals surface area contributed by atoms with Gasteiger partial charge in [-0.05, 0) is 25.5 Å². The fourth-order valence-electron chi connectivity index (χ4n) is 2.84. The van der Waals surface area contributed by atoms with Crippen molar-refractivity contribution >= 4 is 11.3 Å². The zero-order valence-electron chi connectivity index (χ0n) is 12.0. The van der Waals surface area contributed by atoms with Gasteiger partial charge in [0, 0.05) is 12.1 Å². The molecule has 0 aliphatic carbocycles. The van der Waals surface area contributed by atoms with Crippen molar-refractivity contribution in [2.75, 3.05) is 5.73 Å². The van der Waals surface area contributed by atoms with Crippen LogP contribution in [0.2, 0.25) is 0 Å². The Morgan fingerprint density at radius 1 is 1.52 bits per heavy atom.